The highest BCUT2D eigenvalue weighted by molar-refractivity contribution is 5.87. The van der Waals surface area contributed by atoms with E-state index in [9.17, 15) is 14.7 Å². The molecule has 3 N–H and O–H groups in total. The Morgan fingerprint density at radius 1 is 0.972 bits per heavy atom. The molecular weight excluding hydrogens is 462 g/mol. The Balaban J connectivity index is 2.05. The number of nitriles is 1. The molecule has 0 aromatic heterocycles. The minimum absolute atomic E-state index is 0.142. The van der Waals surface area contributed by atoms with Crippen LogP contribution in [-0.2, 0) is 16.1 Å². The lowest BCUT2D eigenvalue weighted by atomic mass is 10.0. The van der Waals surface area contributed by atoms with Gasteiger partial charge < -0.3 is 30.0 Å². The molecule has 0 unspecified atom stereocenters. The van der Waals surface area contributed by atoms with Gasteiger partial charge in [0.25, 0.3) is 0 Å². The average Bonchev–Trinajstić information content (AvgIpc) is 2.91. The van der Waals surface area contributed by atoms with E-state index in [4.69, 9.17) is 19.5 Å². The van der Waals surface area contributed by atoms with Crippen LogP contribution in [0, 0.1) is 11.3 Å². The molecule has 0 aliphatic carbocycles. The minimum atomic E-state index is -1.19. The van der Waals surface area contributed by atoms with E-state index in [1.807, 2.05) is 30.3 Å². The monoisotopic (exact) mass is 489 g/mol. The molecule has 2 atom stereocenters. The lowest BCUT2D eigenvalue weighted by Crippen LogP contribution is -2.34. The van der Waals surface area contributed by atoms with Crippen LogP contribution in [0.2, 0.25) is 0 Å². The summed E-state index contributed by atoms with van der Waals surface area (Å²) in [5.74, 6) is -0.756. The van der Waals surface area contributed by atoms with Crippen molar-refractivity contribution in [1.29, 1.82) is 5.26 Å². The minimum Gasteiger partial charge on any atom is -0.493 e. The standard InChI is InChI=1S/C27H27N3O6/c1-17(27(32)33)36-22-14-24(35-3)23(34-2)13-21(22)25(30-20-11-9-18(15-28)10-12-20)26(31)29-16-19-7-5-4-6-8-19/h4-14,17,25,30H,16H2,1-3H3,(H,29,31)(H,32,33)/t17-,25-/m1/s1. The predicted octanol–water partition coefficient (Wildman–Crippen LogP) is 3.90. The zero-order chi connectivity index (χ0) is 26.1. The Bertz CT molecular complexity index is 1240. The molecule has 186 valence electrons. The number of hydrogen-bond donors (Lipinski definition) is 3. The second-order valence-electron chi connectivity index (χ2n) is 7.81. The molecule has 0 aliphatic rings. The Morgan fingerprint density at radius 3 is 2.19 bits per heavy atom. The highest BCUT2D eigenvalue weighted by atomic mass is 16.5. The summed E-state index contributed by atoms with van der Waals surface area (Å²) in [7, 11) is 2.90. The number of rotatable bonds is 11. The summed E-state index contributed by atoms with van der Waals surface area (Å²) in [5, 5.41) is 24.6. The Labute approximate surface area is 209 Å². The van der Waals surface area contributed by atoms with Crippen LogP contribution in [0.3, 0.4) is 0 Å². The van der Waals surface area contributed by atoms with Gasteiger partial charge in [-0.15, -0.1) is 0 Å². The summed E-state index contributed by atoms with van der Waals surface area (Å²) in [6, 6.07) is 20.1. The Kier molecular flexibility index (Phi) is 8.73. The summed E-state index contributed by atoms with van der Waals surface area (Å²) in [4.78, 5) is 25.0. The van der Waals surface area contributed by atoms with E-state index in [2.05, 4.69) is 16.7 Å². The molecule has 0 saturated carbocycles. The summed E-state index contributed by atoms with van der Waals surface area (Å²) in [5.41, 5.74) is 2.29. The van der Waals surface area contributed by atoms with Gasteiger partial charge in [0.15, 0.2) is 17.6 Å². The van der Waals surface area contributed by atoms with E-state index >= 15 is 0 Å². The van der Waals surface area contributed by atoms with Gasteiger partial charge in [-0.25, -0.2) is 4.79 Å². The molecular formula is C27H27N3O6. The first-order valence-electron chi connectivity index (χ1n) is 11.1. The smallest absolute Gasteiger partial charge is 0.344 e. The molecule has 9 heteroatoms. The fourth-order valence-electron chi connectivity index (χ4n) is 3.42. The van der Waals surface area contributed by atoms with E-state index in [0.717, 1.165) is 5.56 Å². The molecule has 1 amide bonds. The van der Waals surface area contributed by atoms with Crippen molar-refractivity contribution in [3.8, 4) is 23.3 Å². The molecule has 0 fully saturated rings. The number of carboxylic acid groups (broad SMARTS) is 1. The summed E-state index contributed by atoms with van der Waals surface area (Å²) in [6.07, 6.45) is -1.19. The van der Waals surface area contributed by atoms with Crippen LogP contribution in [0.5, 0.6) is 17.2 Å². The number of carbonyl (C=O) groups excluding carboxylic acids is 1. The van der Waals surface area contributed by atoms with Crippen molar-refractivity contribution >= 4 is 17.6 Å². The number of carbonyl (C=O) groups is 2. The second-order valence-corrected chi connectivity index (χ2v) is 7.81. The molecule has 0 bridgehead atoms. The summed E-state index contributed by atoms with van der Waals surface area (Å²) < 4.78 is 16.5. The number of anilines is 1. The van der Waals surface area contributed by atoms with Crippen LogP contribution in [0.15, 0.2) is 66.7 Å². The second kappa shape index (κ2) is 12.1. The molecule has 3 aromatic carbocycles. The van der Waals surface area contributed by atoms with E-state index < -0.39 is 18.1 Å². The molecule has 36 heavy (non-hydrogen) atoms. The topological polar surface area (TPSA) is 130 Å². The first-order valence-corrected chi connectivity index (χ1v) is 11.1. The van der Waals surface area contributed by atoms with Gasteiger partial charge in [-0.2, -0.15) is 5.26 Å². The number of methoxy groups -OCH3 is 2. The van der Waals surface area contributed by atoms with Crippen LogP contribution >= 0.6 is 0 Å². The molecule has 0 heterocycles. The van der Waals surface area contributed by atoms with Crippen molar-refractivity contribution in [2.75, 3.05) is 19.5 Å². The van der Waals surface area contributed by atoms with Crippen LogP contribution in [0.4, 0.5) is 5.69 Å². The number of carboxylic acids is 1. The first kappa shape index (κ1) is 25.9. The number of ether oxygens (including phenoxy) is 3. The quantitative estimate of drug-likeness (QED) is 0.370. The average molecular weight is 490 g/mol. The Hall–Kier alpha value is -4.71. The summed E-state index contributed by atoms with van der Waals surface area (Å²) in [6.45, 7) is 1.67. The van der Waals surface area contributed by atoms with Crippen molar-refractivity contribution in [2.45, 2.75) is 25.6 Å². The van der Waals surface area contributed by atoms with Crippen LogP contribution in [-0.4, -0.2) is 37.3 Å². The van der Waals surface area contributed by atoms with Crippen LogP contribution in [0.25, 0.3) is 0 Å². The maximum atomic E-state index is 13.5. The van der Waals surface area contributed by atoms with E-state index in [-0.39, 0.29) is 18.2 Å². The number of nitrogens with one attached hydrogen (secondary N) is 2. The fourth-order valence-corrected chi connectivity index (χ4v) is 3.42. The lowest BCUT2D eigenvalue weighted by Gasteiger charge is -2.25. The lowest BCUT2D eigenvalue weighted by molar-refractivity contribution is -0.144. The SMILES string of the molecule is COc1cc(O[C@H](C)C(=O)O)c([C@@H](Nc2ccc(C#N)cc2)C(=O)NCc2ccccc2)cc1OC. The molecule has 0 saturated heterocycles. The van der Waals surface area contributed by atoms with Crippen molar-refractivity contribution in [3.05, 3.63) is 83.4 Å². The highest BCUT2D eigenvalue weighted by Gasteiger charge is 2.28. The van der Waals surface area contributed by atoms with Gasteiger partial charge in [0.2, 0.25) is 5.91 Å². The first-order chi connectivity index (χ1) is 17.4. The van der Waals surface area contributed by atoms with E-state index in [1.165, 1.54) is 27.2 Å². The Morgan fingerprint density at radius 2 is 1.61 bits per heavy atom. The third-order valence-electron chi connectivity index (χ3n) is 5.38. The molecule has 9 nitrogen and oxygen atoms in total. The van der Waals surface area contributed by atoms with Crippen molar-refractivity contribution in [3.63, 3.8) is 0 Å². The van der Waals surface area contributed by atoms with Gasteiger partial charge >= 0.3 is 5.97 Å². The third kappa shape index (κ3) is 6.45. The van der Waals surface area contributed by atoms with Crippen molar-refractivity contribution in [1.82, 2.24) is 5.32 Å². The molecule has 0 aliphatic heterocycles. The largest absolute Gasteiger partial charge is 0.493 e. The number of hydrogen-bond acceptors (Lipinski definition) is 7. The maximum absolute atomic E-state index is 13.5. The normalized spacial score (nSPS) is 11.9. The molecule has 0 spiro atoms. The maximum Gasteiger partial charge on any atom is 0.344 e. The van der Waals surface area contributed by atoms with Crippen molar-refractivity contribution in [2.24, 2.45) is 0 Å². The number of nitrogens with zero attached hydrogens (tertiary/aromatic N) is 1. The van der Waals surface area contributed by atoms with Gasteiger partial charge in [0.05, 0.1) is 25.9 Å². The third-order valence-corrected chi connectivity index (χ3v) is 5.38. The van der Waals surface area contributed by atoms with Gasteiger partial charge in [0.1, 0.15) is 11.8 Å². The highest BCUT2D eigenvalue weighted by Crippen LogP contribution is 2.39. The van der Waals surface area contributed by atoms with Crippen molar-refractivity contribution < 1.29 is 28.9 Å². The van der Waals surface area contributed by atoms with E-state index in [1.54, 1.807) is 30.3 Å². The molecule has 3 aromatic rings. The van der Waals surface area contributed by atoms with Gasteiger partial charge in [-0.3, -0.25) is 4.79 Å². The summed E-state index contributed by atoms with van der Waals surface area (Å²) >= 11 is 0. The van der Waals surface area contributed by atoms with Crippen LogP contribution < -0.4 is 24.8 Å². The number of benzene rings is 3. The fraction of sp³-hybridized carbons (Fsp3) is 0.222. The number of aliphatic carboxylic acids is 1. The van der Waals surface area contributed by atoms with Gasteiger partial charge in [0, 0.05) is 23.9 Å². The molecule has 0 radical (unpaired) electrons. The van der Waals surface area contributed by atoms with Gasteiger partial charge in [-0.05, 0) is 42.8 Å². The van der Waals surface area contributed by atoms with Gasteiger partial charge in [-0.1, -0.05) is 30.3 Å². The predicted molar refractivity (Wildman–Crippen MR) is 133 cm³/mol. The number of amides is 1. The zero-order valence-electron chi connectivity index (χ0n) is 20.1. The zero-order valence-corrected chi connectivity index (χ0v) is 20.1. The van der Waals surface area contributed by atoms with Crippen LogP contribution in [0.1, 0.15) is 29.7 Å². The molecule has 3 rings (SSSR count). The van der Waals surface area contributed by atoms with E-state index in [0.29, 0.717) is 28.3 Å².